The van der Waals surface area contributed by atoms with E-state index in [2.05, 4.69) is 15.3 Å². The Morgan fingerprint density at radius 1 is 1.73 bits per heavy atom. The van der Waals surface area contributed by atoms with E-state index >= 15 is 0 Å². The van der Waals surface area contributed by atoms with Crippen molar-refractivity contribution in [1.82, 2.24) is 9.97 Å². The fourth-order valence-corrected chi connectivity index (χ4v) is 1.28. The molecule has 1 heterocycles. The lowest BCUT2D eigenvalue weighted by molar-refractivity contribution is -0.137. The summed E-state index contributed by atoms with van der Waals surface area (Å²) in [6.07, 6.45) is 2.27. The largest absolute Gasteiger partial charge is 0.481 e. The Morgan fingerprint density at radius 3 is 3.00 bits per heavy atom. The van der Waals surface area contributed by atoms with Crippen molar-refractivity contribution in [2.24, 2.45) is 0 Å². The predicted molar refractivity (Wildman–Crippen MR) is 57.0 cm³/mol. The number of hydrogen-bond donors (Lipinski definition) is 2. The molecule has 1 unspecified atom stereocenters. The van der Waals surface area contributed by atoms with E-state index < -0.39 is 5.97 Å². The molecule has 0 amide bonds. The summed E-state index contributed by atoms with van der Waals surface area (Å²) in [6.45, 7) is 1.91. The first kappa shape index (κ1) is 11.7. The molecule has 6 heteroatoms. The Hall–Kier alpha value is -1.36. The smallest absolute Gasteiger partial charge is 0.305 e. The maximum atomic E-state index is 10.5. The van der Waals surface area contributed by atoms with Crippen molar-refractivity contribution in [3.63, 3.8) is 0 Å². The van der Waals surface area contributed by atoms with Crippen LogP contribution in [0, 0.1) is 0 Å². The predicted octanol–water partition coefficient (Wildman–Crippen LogP) is 1.80. The number of carboxylic acid groups (broad SMARTS) is 1. The second-order valence-corrected chi connectivity index (χ2v) is 3.40. The van der Waals surface area contributed by atoms with Gasteiger partial charge in [-0.1, -0.05) is 6.92 Å². The number of anilines is 1. The zero-order chi connectivity index (χ0) is 11.3. The molecule has 0 saturated carbocycles. The van der Waals surface area contributed by atoms with Crippen LogP contribution >= 0.6 is 11.6 Å². The van der Waals surface area contributed by atoms with Gasteiger partial charge >= 0.3 is 5.97 Å². The highest BCUT2D eigenvalue weighted by atomic mass is 35.5. The monoisotopic (exact) mass is 229 g/mol. The van der Waals surface area contributed by atoms with Crippen molar-refractivity contribution in [3.05, 3.63) is 17.5 Å². The third-order valence-electron chi connectivity index (χ3n) is 1.89. The molecule has 0 aliphatic rings. The Morgan fingerprint density at radius 2 is 2.47 bits per heavy atom. The van der Waals surface area contributed by atoms with E-state index in [-0.39, 0.29) is 17.7 Å². The molecule has 0 aliphatic heterocycles. The van der Waals surface area contributed by atoms with Gasteiger partial charge in [0.1, 0.15) is 5.82 Å². The van der Waals surface area contributed by atoms with Crippen molar-refractivity contribution in [2.75, 3.05) is 5.32 Å². The lowest BCUT2D eigenvalue weighted by atomic mass is 10.1. The van der Waals surface area contributed by atoms with Gasteiger partial charge in [-0.2, -0.15) is 0 Å². The molecule has 2 N–H and O–H groups in total. The molecule has 0 aromatic carbocycles. The van der Waals surface area contributed by atoms with E-state index in [4.69, 9.17) is 16.7 Å². The fourth-order valence-electron chi connectivity index (χ4n) is 1.13. The average molecular weight is 230 g/mol. The molecule has 82 valence electrons. The third kappa shape index (κ3) is 4.12. The van der Waals surface area contributed by atoms with E-state index in [0.29, 0.717) is 12.2 Å². The van der Waals surface area contributed by atoms with Crippen molar-refractivity contribution in [1.29, 1.82) is 0 Å². The second kappa shape index (κ2) is 5.50. The van der Waals surface area contributed by atoms with Crippen LogP contribution in [-0.2, 0) is 4.79 Å². The molecule has 0 bridgehead atoms. The summed E-state index contributed by atoms with van der Waals surface area (Å²) >= 11 is 5.60. The number of aromatic nitrogens is 2. The maximum absolute atomic E-state index is 10.5. The summed E-state index contributed by atoms with van der Waals surface area (Å²) in [5.74, 6) is -0.294. The van der Waals surface area contributed by atoms with Gasteiger partial charge in [-0.3, -0.25) is 4.79 Å². The van der Waals surface area contributed by atoms with E-state index in [9.17, 15) is 4.79 Å². The summed E-state index contributed by atoms with van der Waals surface area (Å²) in [4.78, 5) is 18.2. The molecule has 0 fully saturated rings. The third-order valence-corrected chi connectivity index (χ3v) is 2.07. The SMILES string of the molecule is CCC(CC(=O)O)Nc1ccnc(Cl)n1. The minimum absolute atomic E-state index is 0.0537. The van der Waals surface area contributed by atoms with Crippen LogP contribution in [-0.4, -0.2) is 27.1 Å². The normalized spacial score (nSPS) is 12.1. The van der Waals surface area contributed by atoms with Gasteiger partial charge in [-0.15, -0.1) is 0 Å². The first-order chi connectivity index (χ1) is 7.11. The molecule has 0 saturated heterocycles. The minimum Gasteiger partial charge on any atom is -0.481 e. The highest BCUT2D eigenvalue weighted by Crippen LogP contribution is 2.10. The molecular formula is C9H12ClN3O2. The van der Waals surface area contributed by atoms with Crippen molar-refractivity contribution < 1.29 is 9.90 Å². The van der Waals surface area contributed by atoms with Gasteiger partial charge in [0.25, 0.3) is 0 Å². The number of carbonyl (C=O) groups is 1. The lowest BCUT2D eigenvalue weighted by Crippen LogP contribution is -2.22. The summed E-state index contributed by atoms with van der Waals surface area (Å²) < 4.78 is 0. The summed E-state index contributed by atoms with van der Waals surface area (Å²) in [6, 6.07) is 1.50. The van der Waals surface area contributed by atoms with E-state index in [1.54, 1.807) is 6.07 Å². The molecule has 0 radical (unpaired) electrons. The number of aliphatic carboxylic acids is 1. The van der Waals surface area contributed by atoms with Crippen LogP contribution in [0.2, 0.25) is 5.28 Å². The Kier molecular flexibility index (Phi) is 4.30. The van der Waals surface area contributed by atoms with Crippen LogP contribution < -0.4 is 5.32 Å². The van der Waals surface area contributed by atoms with Crippen molar-refractivity contribution in [2.45, 2.75) is 25.8 Å². The highest BCUT2D eigenvalue weighted by molar-refractivity contribution is 6.28. The number of halogens is 1. The van der Waals surface area contributed by atoms with Gasteiger partial charge in [-0.25, -0.2) is 9.97 Å². The zero-order valence-electron chi connectivity index (χ0n) is 8.27. The van der Waals surface area contributed by atoms with Gasteiger partial charge in [0, 0.05) is 12.2 Å². The second-order valence-electron chi connectivity index (χ2n) is 3.06. The molecule has 1 atom stereocenters. The summed E-state index contributed by atoms with van der Waals surface area (Å²) in [5.41, 5.74) is 0. The molecule has 1 rings (SSSR count). The minimum atomic E-state index is -0.838. The van der Waals surface area contributed by atoms with E-state index in [1.165, 1.54) is 6.20 Å². The van der Waals surface area contributed by atoms with Crippen LogP contribution in [0.1, 0.15) is 19.8 Å². The number of carboxylic acids is 1. The van der Waals surface area contributed by atoms with E-state index in [0.717, 1.165) is 0 Å². The van der Waals surface area contributed by atoms with Gasteiger partial charge in [0.2, 0.25) is 5.28 Å². The van der Waals surface area contributed by atoms with Gasteiger partial charge < -0.3 is 10.4 Å². The summed E-state index contributed by atoms with van der Waals surface area (Å²) in [5, 5.41) is 11.8. The van der Waals surface area contributed by atoms with Gasteiger partial charge in [0.15, 0.2) is 0 Å². The molecular weight excluding hydrogens is 218 g/mol. The number of nitrogens with one attached hydrogen (secondary N) is 1. The molecule has 1 aromatic heterocycles. The zero-order valence-corrected chi connectivity index (χ0v) is 9.03. The Balaban J connectivity index is 2.62. The average Bonchev–Trinajstić information content (AvgIpc) is 2.16. The topological polar surface area (TPSA) is 75.1 Å². The number of hydrogen-bond acceptors (Lipinski definition) is 4. The first-order valence-electron chi connectivity index (χ1n) is 4.58. The molecule has 1 aromatic rings. The van der Waals surface area contributed by atoms with Crippen LogP contribution in [0.5, 0.6) is 0 Å². The number of rotatable bonds is 5. The van der Waals surface area contributed by atoms with E-state index in [1.807, 2.05) is 6.92 Å². The van der Waals surface area contributed by atoms with Crippen molar-refractivity contribution >= 4 is 23.4 Å². The molecule has 5 nitrogen and oxygen atoms in total. The molecule has 15 heavy (non-hydrogen) atoms. The fraction of sp³-hybridized carbons (Fsp3) is 0.444. The van der Waals surface area contributed by atoms with Crippen LogP contribution in [0.25, 0.3) is 0 Å². The highest BCUT2D eigenvalue weighted by Gasteiger charge is 2.11. The molecule has 0 aliphatic carbocycles. The van der Waals surface area contributed by atoms with Gasteiger partial charge in [0.05, 0.1) is 6.42 Å². The maximum Gasteiger partial charge on any atom is 0.305 e. The van der Waals surface area contributed by atoms with Crippen LogP contribution in [0.4, 0.5) is 5.82 Å². The quantitative estimate of drug-likeness (QED) is 0.753. The first-order valence-corrected chi connectivity index (χ1v) is 4.96. The molecule has 0 spiro atoms. The summed E-state index contributed by atoms with van der Waals surface area (Å²) in [7, 11) is 0. The standard InChI is InChI=1S/C9H12ClN3O2/c1-2-6(5-8(14)15)12-7-3-4-11-9(10)13-7/h3-4,6H,2,5H2,1H3,(H,14,15)(H,11,12,13). The van der Waals surface area contributed by atoms with Crippen LogP contribution in [0.3, 0.4) is 0 Å². The van der Waals surface area contributed by atoms with Crippen LogP contribution in [0.15, 0.2) is 12.3 Å². The number of nitrogens with zero attached hydrogens (tertiary/aromatic N) is 2. The van der Waals surface area contributed by atoms with Gasteiger partial charge in [-0.05, 0) is 24.1 Å². The Labute approximate surface area is 92.5 Å². The Bertz CT molecular complexity index is 346. The lowest BCUT2D eigenvalue weighted by Gasteiger charge is -2.14. The van der Waals surface area contributed by atoms with Crippen molar-refractivity contribution in [3.8, 4) is 0 Å².